The van der Waals surface area contributed by atoms with Crippen LogP contribution in [0.3, 0.4) is 0 Å². The van der Waals surface area contributed by atoms with E-state index in [0.717, 1.165) is 29.2 Å². The van der Waals surface area contributed by atoms with E-state index in [-0.39, 0.29) is 36.1 Å². The maximum atomic E-state index is 13.7. The number of piperazine rings is 1. The molecule has 150 valence electrons. The molecule has 2 aromatic rings. The molecule has 28 heavy (non-hydrogen) atoms. The molecular formula is C21H24ClFN2O3. The number of nitrogens with zero attached hydrogens (tertiary/aromatic N) is 1. The number of methoxy groups -OCH3 is 1. The molecule has 0 saturated carbocycles. The Balaban J connectivity index is 0.00000225. The van der Waals surface area contributed by atoms with Gasteiger partial charge in [0.05, 0.1) is 19.1 Å². The maximum absolute atomic E-state index is 13.7. The van der Waals surface area contributed by atoms with Crippen molar-refractivity contribution in [3.05, 3.63) is 59.4 Å². The zero-order valence-corrected chi connectivity index (χ0v) is 16.5. The lowest BCUT2D eigenvalue weighted by molar-refractivity contribution is -0.140. The lowest BCUT2D eigenvalue weighted by Crippen LogP contribution is -2.51. The van der Waals surface area contributed by atoms with Crippen molar-refractivity contribution in [3.63, 3.8) is 0 Å². The quantitative estimate of drug-likeness (QED) is 0.851. The van der Waals surface area contributed by atoms with E-state index in [1.165, 1.54) is 12.1 Å². The third-order valence-corrected chi connectivity index (χ3v) is 5.28. The number of carbonyl (C=O) groups is 1. The molecule has 0 bridgehead atoms. The first-order chi connectivity index (χ1) is 13.2. The van der Waals surface area contributed by atoms with Crippen LogP contribution >= 0.6 is 12.4 Å². The number of ether oxygens (including phenoxy) is 2. The first-order valence-electron chi connectivity index (χ1n) is 9.22. The fourth-order valence-corrected chi connectivity index (χ4v) is 3.87. The second-order valence-corrected chi connectivity index (χ2v) is 6.99. The molecule has 2 unspecified atom stereocenters. The van der Waals surface area contributed by atoms with Gasteiger partial charge in [0.1, 0.15) is 23.9 Å². The second-order valence-electron chi connectivity index (χ2n) is 6.99. The number of halogens is 2. The fourth-order valence-electron chi connectivity index (χ4n) is 3.87. The van der Waals surface area contributed by atoms with E-state index in [1.54, 1.807) is 13.2 Å². The SMILES string of the molecule is COc1ccc2c(c1)CC(C(=O)N1CCNCC1c1cccc(F)c1)CO2.Cl. The molecule has 0 spiro atoms. The second kappa shape index (κ2) is 8.80. The van der Waals surface area contributed by atoms with Gasteiger partial charge in [-0.25, -0.2) is 4.39 Å². The van der Waals surface area contributed by atoms with Gasteiger partial charge in [0.25, 0.3) is 0 Å². The molecule has 5 nitrogen and oxygen atoms in total. The first-order valence-corrected chi connectivity index (χ1v) is 9.22. The number of hydrogen-bond donors (Lipinski definition) is 1. The standard InChI is InChI=1S/C21H23FN2O3.ClH/c1-26-18-5-6-20-15(11-18)9-16(13-27-20)21(25)24-8-7-23-12-19(24)14-3-2-4-17(22)10-14;/h2-6,10-11,16,19,23H,7-9,12-13H2,1H3;1H. The topological polar surface area (TPSA) is 50.8 Å². The van der Waals surface area contributed by atoms with Gasteiger partial charge in [0.2, 0.25) is 5.91 Å². The number of benzene rings is 2. The molecular weight excluding hydrogens is 383 g/mol. The number of amides is 1. The van der Waals surface area contributed by atoms with E-state index < -0.39 is 0 Å². The summed E-state index contributed by atoms with van der Waals surface area (Å²) in [5.74, 6) is 1.08. The molecule has 1 fully saturated rings. The fraction of sp³-hybridized carbons (Fsp3) is 0.381. The monoisotopic (exact) mass is 406 g/mol. The van der Waals surface area contributed by atoms with E-state index in [9.17, 15) is 9.18 Å². The summed E-state index contributed by atoms with van der Waals surface area (Å²) in [6.45, 7) is 2.31. The van der Waals surface area contributed by atoms with Crippen LogP contribution in [-0.2, 0) is 11.2 Å². The van der Waals surface area contributed by atoms with Gasteiger partial charge >= 0.3 is 0 Å². The first kappa shape index (κ1) is 20.4. The van der Waals surface area contributed by atoms with Crippen LogP contribution in [0.5, 0.6) is 11.5 Å². The third-order valence-electron chi connectivity index (χ3n) is 5.28. The Morgan fingerprint density at radius 3 is 2.93 bits per heavy atom. The Hall–Kier alpha value is -2.31. The van der Waals surface area contributed by atoms with Crippen molar-refractivity contribution in [2.24, 2.45) is 5.92 Å². The summed E-state index contributed by atoms with van der Waals surface area (Å²) < 4.78 is 24.8. The number of carbonyl (C=O) groups excluding carboxylic acids is 1. The van der Waals surface area contributed by atoms with Crippen LogP contribution in [0, 0.1) is 11.7 Å². The zero-order chi connectivity index (χ0) is 18.8. The van der Waals surface area contributed by atoms with E-state index >= 15 is 0 Å². The molecule has 2 aliphatic rings. The Kier molecular flexibility index (Phi) is 6.42. The van der Waals surface area contributed by atoms with Crippen LogP contribution in [-0.4, -0.2) is 44.2 Å². The van der Waals surface area contributed by atoms with Gasteiger partial charge in [-0.05, 0) is 47.9 Å². The van der Waals surface area contributed by atoms with E-state index in [1.807, 2.05) is 29.2 Å². The van der Waals surface area contributed by atoms with Crippen molar-refractivity contribution in [2.45, 2.75) is 12.5 Å². The van der Waals surface area contributed by atoms with Crippen LogP contribution in [0.4, 0.5) is 4.39 Å². The van der Waals surface area contributed by atoms with Crippen molar-refractivity contribution < 1.29 is 18.7 Å². The van der Waals surface area contributed by atoms with E-state index in [4.69, 9.17) is 9.47 Å². The molecule has 0 radical (unpaired) electrons. The highest BCUT2D eigenvalue weighted by molar-refractivity contribution is 5.85. The normalized spacial score (nSPS) is 21.1. The molecule has 2 atom stereocenters. The molecule has 4 rings (SSSR count). The van der Waals surface area contributed by atoms with Crippen LogP contribution in [0.15, 0.2) is 42.5 Å². The van der Waals surface area contributed by atoms with Crippen molar-refractivity contribution in [1.29, 1.82) is 0 Å². The summed E-state index contributed by atoms with van der Waals surface area (Å²) in [7, 11) is 1.62. The maximum Gasteiger partial charge on any atom is 0.230 e. The average Bonchev–Trinajstić information content (AvgIpc) is 2.72. The number of fused-ring (bicyclic) bond motifs is 1. The predicted octanol–water partition coefficient (Wildman–Crippen LogP) is 2.98. The minimum absolute atomic E-state index is 0. The van der Waals surface area contributed by atoms with Crippen molar-refractivity contribution in [3.8, 4) is 11.5 Å². The third kappa shape index (κ3) is 4.08. The minimum atomic E-state index is -0.285. The summed E-state index contributed by atoms with van der Waals surface area (Å²) >= 11 is 0. The van der Waals surface area contributed by atoms with Gasteiger partial charge in [-0.15, -0.1) is 12.4 Å². The summed E-state index contributed by atoms with van der Waals surface area (Å²) in [4.78, 5) is 15.1. The lowest BCUT2D eigenvalue weighted by atomic mass is 9.93. The molecule has 1 saturated heterocycles. The Labute approximate surface area is 170 Å². The van der Waals surface area contributed by atoms with Crippen LogP contribution in [0.2, 0.25) is 0 Å². The number of hydrogen-bond acceptors (Lipinski definition) is 4. The molecule has 2 aliphatic heterocycles. The van der Waals surface area contributed by atoms with Crippen molar-refractivity contribution >= 4 is 18.3 Å². The number of rotatable bonds is 3. The van der Waals surface area contributed by atoms with Gasteiger partial charge in [0, 0.05) is 19.6 Å². The Morgan fingerprint density at radius 1 is 1.29 bits per heavy atom. The molecule has 0 aliphatic carbocycles. The van der Waals surface area contributed by atoms with Crippen molar-refractivity contribution in [1.82, 2.24) is 10.2 Å². The summed E-state index contributed by atoms with van der Waals surface area (Å²) in [5.41, 5.74) is 1.80. The van der Waals surface area contributed by atoms with Gasteiger partial charge in [-0.2, -0.15) is 0 Å². The molecule has 2 heterocycles. The summed E-state index contributed by atoms with van der Waals surface area (Å²) in [5, 5.41) is 3.31. The molecule has 0 aromatic heterocycles. The van der Waals surface area contributed by atoms with Gasteiger partial charge in [-0.3, -0.25) is 4.79 Å². The summed E-state index contributed by atoms with van der Waals surface area (Å²) in [6.07, 6.45) is 0.616. The average molecular weight is 407 g/mol. The van der Waals surface area contributed by atoms with Crippen molar-refractivity contribution in [2.75, 3.05) is 33.4 Å². The molecule has 7 heteroatoms. The molecule has 1 N–H and O–H groups in total. The molecule has 1 amide bonds. The predicted molar refractivity (Wildman–Crippen MR) is 107 cm³/mol. The van der Waals surface area contributed by atoms with Gasteiger partial charge in [-0.1, -0.05) is 12.1 Å². The Morgan fingerprint density at radius 2 is 2.14 bits per heavy atom. The lowest BCUT2D eigenvalue weighted by Gasteiger charge is -2.39. The number of nitrogens with one attached hydrogen (secondary N) is 1. The smallest absolute Gasteiger partial charge is 0.230 e. The highest BCUT2D eigenvalue weighted by Gasteiger charge is 2.35. The van der Waals surface area contributed by atoms with E-state index in [0.29, 0.717) is 26.1 Å². The van der Waals surface area contributed by atoms with Gasteiger partial charge in [0.15, 0.2) is 0 Å². The minimum Gasteiger partial charge on any atom is -0.497 e. The molecule has 2 aromatic carbocycles. The Bertz CT molecular complexity index is 848. The highest BCUT2D eigenvalue weighted by Crippen LogP contribution is 2.33. The highest BCUT2D eigenvalue weighted by atomic mass is 35.5. The van der Waals surface area contributed by atoms with Crippen LogP contribution in [0.25, 0.3) is 0 Å². The van der Waals surface area contributed by atoms with Gasteiger partial charge < -0.3 is 19.7 Å². The largest absolute Gasteiger partial charge is 0.497 e. The summed E-state index contributed by atoms with van der Waals surface area (Å²) in [6, 6.07) is 12.0. The van der Waals surface area contributed by atoms with Crippen LogP contribution < -0.4 is 14.8 Å². The van der Waals surface area contributed by atoms with Crippen LogP contribution in [0.1, 0.15) is 17.2 Å². The zero-order valence-electron chi connectivity index (χ0n) is 15.7. The van der Waals surface area contributed by atoms with E-state index in [2.05, 4.69) is 5.32 Å².